The molecule has 0 aromatic carbocycles. The van der Waals surface area contributed by atoms with Gasteiger partial charge in [-0.25, -0.2) is 0 Å². The molecular formula is C11H14N2. The Morgan fingerprint density at radius 1 is 1.31 bits per heavy atom. The van der Waals surface area contributed by atoms with Gasteiger partial charge >= 0.3 is 0 Å². The van der Waals surface area contributed by atoms with Gasteiger partial charge in [-0.2, -0.15) is 0 Å². The van der Waals surface area contributed by atoms with Crippen molar-refractivity contribution in [1.29, 1.82) is 0 Å². The van der Waals surface area contributed by atoms with Crippen molar-refractivity contribution in [2.24, 2.45) is 10.7 Å². The highest BCUT2D eigenvalue weighted by Crippen LogP contribution is 2.24. The minimum atomic E-state index is 1.04. The quantitative estimate of drug-likeness (QED) is 0.650. The Hall–Kier alpha value is -1.31. The lowest BCUT2D eigenvalue weighted by Gasteiger charge is -1.93. The van der Waals surface area contributed by atoms with E-state index in [9.17, 15) is 0 Å². The third-order valence-electron chi connectivity index (χ3n) is 2.40. The summed E-state index contributed by atoms with van der Waals surface area (Å²) in [6.45, 7) is 0. The summed E-state index contributed by atoms with van der Waals surface area (Å²) in [6.07, 6.45) is 12.4. The van der Waals surface area contributed by atoms with Gasteiger partial charge in [0, 0.05) is 11.4 Å². The number of nitrogens with two attached hydrogens (primary N) is 1. The Kier molecular flexibility index (Phi) is 2.30. The van der Waals surface area contributed by atoms with E-state index in [1.807, 2.05) is 0 Å². The fourth-order valence-electron chi connectivity index (χ4n) is 1.66. The van der Waals surface area contributed by atoms with Gasteiger partial charge in [0.25, 0.3) is 0 Å². The van der Waals surface area contributed by atoms with Gasteiger partial charge in [-0.3, -0.25) is 4.99 Å². The summed E-state index contributed by atoms with van der Waals surface area (Å²) in [6, 6.07) is 0. The standard InChI is InChI=1S/C11H14N2/c12-8-9-5-6-11(7-9)13-10-3-1-2-4-10/h1,3,7-8H,2,4-6,12H2/b9-8+,13-10-. The summed E-state index contributed by atoms with van der Waals surface area (Å²) in [4.78, 5) is 4.57. The maximum Gasteiger partial charge on any atom is 0.0413 e. The molecule has 2 aliphatic carbocycles. The fraction of sp³-hybridized carbons (Fsp3) is 0.364. The molecule has 0 spiro atoms. The molecule has 0 unspecified atom stereocenters. The third-order valence-corrected chi connectivity index (χ3v) is 2.40. The van der Waals surface area contributed by atoms with Crippen LogP contribution in [0.4, 0.5) is 0 Å². The van der Waals surface area contributed by atoms with Crippen LogP contribution < -0.4 is 5.73 Å². The number of hydrogen-bond donors (Lipinski definition) is 1. The molecule has 0 atom stereocenters. The average molecular weight is 174 g/mol. The molecule has 0 aliphatic heterocycles. The molecule has 0 amide bonds. The molecule has 0 fully saturated rings. The van der Waals surface area contributed by atoms with Crippen molar-refractivity contribution in [3.63, 3.8) is 0 Å². The summed E-state index contributed by atoms with van der Waals surface area (Å²) >= 11 is 0. The van der Waals surface area contributed by atoms with Gasteiger partial charge in [0.1, 0.15) is 0 Å². The minimum Gasteiger partial charge on any atom is -0.404 e. The molecule has 0 bridgehead atoms. The Labute approximate surface area is 78.5 Å². The molecule has 0 heterocycles. The predicted octanol–water partition coefficient (Wildman–Crippen LogP) is 2.30. The molecule has 2 rings (SSSR count). The van der Waals surface area contributed by atoms with Crippen LogP contribution in [0.1, 0.15) is 25.7 Å². The molecular weight excluding hydrogens is 160 g/mol. The van der Waals surface area contributed by atoms with Crippen molar-refractivity contribution in [3.05, 3.63) is 35.7 Å². The van der Waals surface area contributed by atoms with Gasteiger partial charge in [0.15, 0.2) is 0 Å². The first-order chi connectivity index (χ1) is 6.38. The topological polar surface area (TPSA) is 38.4 Å². The second-order valence-corrected chi connectivity index (χ2v) is 3.42. The van der Waals surface area contributed by atoms with Crippen molar-refractivity contribution in [3.8, 4) is 0 Å². The Balaban J connectivity index is 2.11. The van der Waals surface area contributed by atoms with Crippen molar-refractivity contribution in [1.82, 2.24) is 0 Å². The van der Waals surface area contributed by atoms with E-state index in [4.69, 9.17) is 5.73 Å². The number of rotatable bonds is 1. The largest absolute Gasteiger partial charge is 0.404 e. The number of allylic oxidation sites excluding steroid dienone is 5. The summed E-state index contributed by atoms with van der Waals surface area (Å²) in [5.41, 5.74) is 9.04. The number of nitrogens with zero attached hydrogens (tertiary/aromatic N) is 1. The smallest absolute Gasteiger partial charge is 0.0413 e. The van der Waals surface area contributed by atoms with Crippen LogP contribution in [-0.4, -0.2) is 5.71 Å². The average Bonchev–Trinajstić information content (AvgIpc) is 2.76. The van der Waals surface area contributed by atoms with Crippen LogP contribution in [0.3, 0.4) is 0 Å². The molecule has 2 heteroatoms. The van der Waals surface area contributed by atoms with Crippen LogP contribution >= 0.6 is 0 Å². The highest BCUT2D eigenvalue weighted by molar-refractivity contribution is 5.97. The zero-order valence-electron chi connectivity index (χ0n) is 7.66. The van der Waals surface area contributed by atoms with Gasteiger partial charge in [0.05, 0.1) is 0 Å². The Morgan fingerprint density at radius 2 is 2.23 bits per heavy atom. The molecule has 13 heavy (non-hydrogen) atoms. The van der Waals surface area contributed by atoms with Gasteiger partial charge in [-0.15, -0.1) is 0 Å². The van der Waals surface area contributed by atoms with E-state index in [2.05, 4.69) is 23.2 Å². The zero-order valence-corrected chi connectivity index (χ0v) is 7.66. The summed E-state index contributed by atoms with van der Waals surface area (Å²) < 4.78 is 0. The second-order valence-electron chi connectivity index (χ2n) is 3.42. The first kappa shape index (κ1) is 8.30. The molecule has 2 N–H and O–H groups in total. The predicted molar refractivity (Wildman–Crippen MR) is 55.4 cm³/mol. The third kappa shape index (κ3) is 1.89. The lowest BCUT2D eigenvalue weighted by Crippen LogP contribution is -1.87. The normalized spacial score (nSPS) is 27.5. The van der Waals surface area contributed by atoms with Crippen LogP contribution in [0.2, 0.25) is 0 Å². The lowest BCUT2D eigenvalue weighted by atomic mass is 10.2. The van der Waals surface area contributed by atoms with E-state index in [0.717, 1.165) is 25.7 Å². The van der Waals surface area contributed by atoms with Crippen LogP contribution in [-0.2, 0) is 0 Å². The highest BCUT2D eigenvalue weighted by atomic mass is 14.8. The van der Waals surface area contributed by atoms with Gasteiger partial charge in [-0.05, 0) is 49.6 Å². The fourth-order valence-corrected chi connectivity index (χ4v) is 1.66. The second kappa shape index (κ2) is 3.60. The molecule has 68 valence electrons. The molecule has 0 aromatic heterocycles. The summed E-state index contributed by atoms with van der Waals surface area (Å²) in [5.74, 6) is 0. The van der Waals surface area contributed by atoms with Crippen molar-refractivity contribution >= 4 is 5.71 Å². The van der Waals surface area contributed by atoms with Gasteiger partial charge in [-0.1, -0.05) is 6.08 Å². The van der Waals surface area contributed by atoms with Gasteiger partial charge in [0.2, 0.25) is 0 Å². The SMILES string of the molecule is N/C=C1C=C(/N=C2/C=CCC2)CC/1. The van der Waals surface area contributed by atoms with Gasteiger partial charge < -0.3 is 5.73 Å². The van der Waals surface area contributed by atoms with Crippen LogP contribution in [0, 0.1) is 0 Å². The van der Waals surface area contributed by atoms with E-state index in [0.29, 0.717) is 0 Å². The Bertz CT molecular complexity index is 319. The van der Waals surface area contributed by atoms with E-state index >= 15 is 0 Å². The van der Waals surface area contributed by atoms with Crippen molar-refractivity contribution < 1.29 is 0 Å². The van der Waals surface area contributed by atoms with E-state index < -0.39 is 0 Å². The maximum absolute atomic E-state index is 5.44. The first-order valence-corrected chi connectivity index (χ1v) is 4.74. The molecule has 2 aliphatic rings. The summed E-state index contributed by atoms with van der Waals surface area (Å²) in [5, 5.41) is 0. The Morgan fingerprint density at radius 3 is 2.85 bits per heavy atom. The monoisotopic (exact) mass is 174 g/mol. The highest BCUT2D eigenvalue weighted by Gasteiger charge is 2.09. The van der Waals surface area contributed by atoms with Crippen LogP contribution in [0.5, 0.6) is 0 Å². The molecule has 0 saturated carbocycles. The molecule has 0 aromatic rings. The van der Waals surface area contributed by atoms with E-state index in [1.54, 1.807) is 6.20 Å². The van der Waals surface area contributed by atoms with E-state index in [-0.39, 0.29) is 0 Å². The molecule has 0 radical (unpaired) electrons. The van der Waals surface area contributed by atoms with Crippen LogP contribution in [0.15, 0.2) is 40.7 Å². The zero-order chi connectivity index (χ0) is 9.10. The number of hydrogen-bond acceptors (Lipinski definition) is 2. The first-order valence-electron chi connectivity index (χ1n) is 4.74. The minimum absolute atomic E-state index is 1.04. The molecule has 0 saturated heterocycles. The maximum atomic E-state index is 5.44. The molecule has 2 nitrogen and oxygen atoms in total. The lowest BCUT2D eigenvalue weighted by molar-refractivity contribution is 0.986. The number of aliphatic imine (C=N–C) groups is 1. The summed E-state index contributed by atoms with van der Waals surface area (Å²) in [7, 11) is 0. The van der Waals surface area contributed by atoms with Crippen LogP contribution in [0.25, 0.3) is 0 Å². The van der Waals surface area contributed by atoms with E-state index in [1.165, 1.54) is 17.0 Å². The van der Waals surface area contributed by atoms with Crippen molar-refractivity contribution in [2.75, 3.05) is 0 Å². The van der Waals surface area contributed by atoms with Crippen molar-refractivity contribution in [2.45, 2.75) is 25.7 Å².